The van der Waals surface area contributed by atoms with Crippen molar-refractivity contribution in [1.82, 2.24) is 9.55 Å². The van der Waals surface area contributed by atoms with E-state index in [2.05, 4.69) is 28.1 Å². The van der Waals surface area contributed by atoms with Gasteiger partial charge in [0.2, 0.25) is 0 Å². The number of anilines is 1. The van der Waals surface area contributed by atoms with Gasteiger partial charge in [-0.25, -0.2) is 4.79 Å². The lowest BCUT2D eigenvalue weighted by atomic mass is 9.86. The zero-order valence-electron chi connectivity index (χ0n) is 15.2. The fourth-order valence-corrected chi connectivity index (χ4v) is 4.18. The van der Waals surface area contributed by atoms with Crippen LogP contribution in [0.2, 0.25) is 0 Å². The number of allylic oxidation sites excluding steroid dienone is 2. The van der Waals surface area contributed by atoms with Gasteiger partial charge in [-0.05, 0) is 37.2 Å². The maximum atomic E-state index is 12.9. The smallest absolute Gasteiger partial charge is 0.327 e. The Morgan fingerprint density at radius 2 is 1.92 bits per heavy atom. The van der Waals surface area contributed by atoms with Crippen LogP contribution < -0.4 is 16.1 Å². The van der Waals surface area contributed by atoms with Gasteiger partial charge in [0.1, 0.15) is 5.82 Å². The van der Waals surface area contributed by atoms with Crippen molar-refractivity contribution in [3.63, 3.8) is 0 Å². The number of hydrogen-bond donors (Lipinski definition) is 1. The minimum Gasteiger partial charge on any atom is -0.327 e. The summed E-state index contributed by atoms with van der Waals surface area (Å²) in [5.41, 5.74) is 2.69. The van der Waals surface area contributed by atoms with E-state index in [9.17, 15) is 9.59 Å². The third-order valence-corrected chi connectivity index (χ3v) is 5.62. The predicted octanol–water partition coefficient (Wildman–Crippen LogP) is 3.42. The highest BCUT2D eigenvalue weighted by molar-refractivity contribution is 5.57. The van der Waals surface area contributed by atoms with Crippen molar-refractivity contribution in [2.24, 2.45) is 7.05 Å². The Morgan fingerprint density at radius 1 is 1.12 bits per heavy atom. The highest BCUT2D eigenvalue weighted by Gasteiger charge is 2.33. The van der Waals surface area contributed by atoms with Crippen LogP contribution in [0.3, 0.4) is 0 Å². The van der Waals surface area contributed by atoms with Gasteiger partial charge in [0.15, 0.2) is 0 Å². The monoisotopic (exact) mass is 351 g/mol. The first kappa shape index (κ1) is 16.9. The van der Waals surface area contributed by atoms with Crippen molar-refractivity contribution >= 4 is 5.82 Å². The fourth-order valence-electron chi connectivity index (χ4n) is 4.18. The maximum absolute atomic E-state index is 12.9. The van der Waals surface area contributed by atoms with Crippen LogP contribution in [0.5, 0.6) is 0 Å². The molecule has 0 saturated carbocycles. The van der Waals surface area contributed by atoms with E-state index in [1.807, 2.05) is 18.2 Å². The number of nitrogens with zero attached hydrogens (tertiary/aromatic N) is 2. The van der Waals surface area contributed by atoms with E-state index in [1.165, 1.54) is 28.7 Å². The van der Waals surface area contributed by atoms with Crippen molar-refractivity contribution in [1.29, 1.82) is 0 Å². The van der Waals surface area contributed by atoms with Gasteiger partial charge in [0, 0.05) is 19.3 Å². The molecule has 1 aliphatic carbocycles. The lowest BCUT2D eigenvalue weighted by molar-refractivity contribution is 0.530. The second kappa shape index (κ2) is 6.98. The van der Waals surface area contributed by atoms with Crippen LogP contribution in [-0.2, 0) is 13.6 Å². The number of aromatic nitrogens is 2. The zero-order chi connectivity index (χ0) is 18.1. The Kier molecular flexibility index (Phi) is 4.53. The number of benzene rings is 1. The molecule has 1 N–H and O–H groups in total. The molecule has 0 radical (unpaired) electrons. The highest BCUT2D eigenvalue weighted by Crippen LogP contribution is 2.41. The van der Waals surface area contributed by atoms with Gasteiger partial charge in [-0.15, -0.1) is 0 Å². The Labute approximate surface area is 153 Å². The summed E-state index contributed by atoms with van der Waals surface area (Å²) < 4.78 is 1.21. The Bertz CT molecular complexity index is 940. The standard InChI is InChI=1S/C21H25N3O2/c1-23-20(25)18-16-11-7-2-3-8-12-17(13-16)24(19(18)22-21(23)26)14-15-9-5-4-6-10-15/h4-6,9-10,12,16H,2-3,7-8,11,13-14H2,1H3,(H,22,26)/b17-12+. The summed E-state index contributed by atoms with van der Waals surface area (Å²) in [7, 11) is 1.56. The molecule has 1 aromatic heterocycles. The van der Waals surface area contributed by atoms with Gasteiger partial charge in [-0.2, -0.15) is 0 Å². The molecule has 4 rings (SSSR count). The van der Waals surface area contributed by atoms with Gasteiger partial charge in [-0.1, -0.05) is 49.2 Å². The largest absolute Gasteiger partial charge is 0.329 e. The third-order valence-electron chi connectivity index (χ3n) is 5.62. The van der Waals surface area contributed by atoms with E-state index in [0.717, 1.165) is 31.2 Å². The van der Waals surface area contributed by atoms with Crippen LogP contribution in [0.4, 0.5) is 5.82 Å². The Balaban J connectivity index is 1.88. The number of nitrogens with one attached hydrogen (secondary N) is 1. The summed E-state index contributed by atoms with van der Waals surface area (Å²) in [5.74, 6) is 0.892. The number of fused-ring (bicyclic) bond motifs is 4. The average molecular weight is 351 g/mol. The van der Waals surface area contributed by atoms with Gasteiger partial charge in [0.05, 0.1) is 5.56 Å². The topological polar surface area (TPSA) is 58.1 Å². The molecule has 2 heterocycles. The third kappa shape index (κ3) is 3.02. The molecule has 1 unspecified atom stereocenters. The first-order valence-electron chi connectivity index (χ1n) is 9.49. The minimum absolute atomic E-state index is 0.148. The SMILES string of the molecule is Cn1c(=O)[nH]c2c(c1=O)C1CCCCC/C=C(\C1)N2Cc1ccccc1. The minimum atomic E-state index is -0.346. The van der Waals surface area contributed by atoms with E-state index < -0.39 is 0 Å². The molecule has 1 aromatic carbocycles. The Morgan fingerprint density at radius 3 is 2.73 bits per heavy atom. The van der Waals surface area contributed by atoms with Crippen LogP contribution in [-0.4, -0.2) is 9.55 Å². The molecule has 2 bridgehead atoms. The molecule has 0 fully saturated rings. The highest BCUT2D eigenvalue weighted by atomic mass is 16.2. The second-order valence-corrected chi connectivity index (χ2v) is 7.36. The van der Waals surface area contributed by atoms with Crippen molar-refractivity contribution in [3.05, 3.63) is 74.1 Å². The quantitative estimate of drug-likeness (QED) is 0.902. The van der Waals surface area contributed by atoms with Crippen LogP contribution >= 0.6 is 0 Å². The average Bonchev–Trinajstić information content (AvgIpc) is 2.75. The summed E-state index contributed by atoms with van der Waals surface area (Å²) in [4.78, 5) is 30.4. The van der Waals surface area contributed by atoms with E-state index in [0.29, 0.717) is 12.4 Å². The summed E-state index contributed by atoms with van der Waals surface area (Å²) in [6.07, 6.45) is 8.74. The van der Waals surface area contributed by atoms with E-state index >= 15 is 0 Å². The number of H-pyrrole nitrogens is 1. The molecule has 0 amide bonds. The van der Waals surface area contributed by atoms with Crippen molar-refractivity contribution < 1.29 is 0 Å². The normalized spacial score (nSPS) is 21.8. The fraction of sp³-hybridized carbons (Fsp3) is 0.429. The van der Waals surface area contributed by atoms with E-state index in [-0.39, 0.29) is 17.2 Å². The summed E-state index contributed by atoms with van der Waals surface area (Å²) in [6.45, 7) is 0.662. The second-order valence-electron chi connectivity index (χ2n) is 7.36. The maximum Gasteiger partial charge on any atom is 0.329 e. The molecule has 1 atom stereocenters. The van der Waals surface area contributed by atoms with E-state index in [1.54, 1.807) is 7.05 Å². The summed E-state index contributed by atoms with van der Waals surface area (Å²) in [5, 5.41) is 0. The lowest BCUT2D eigenvalue weighted by Gasteiger charge is -2.37. The Hall–Kier alpha value is -2.56. The molecule has 5 heteroatoms. The summed E-state index contributed by atoms with van der Waals surface area (Å²) >= 11 is 0. The molecule has 5 nitrogen and oxygen atoms in total. The van der Waals surface area contributed by atoms with Gasteiger partial charge in [0.25, 0.3) is 5.56 Å². The van der Waals surface area contributed by atoms with Crippen LogP contribution in [0.25, 0.3) is 0 Å². The molecule has 2 aromatic rings. The molecular weight excluding hydrogens is 326 g/mol. The number of hydrogen-bond acceptors (Lipinski definition) is 3. The van der Waals surface area contributed by atoms with Crippen molar-refractivity contribution in [2.75, 3.05) is 4.90 Å². The van der Waals surface area contributed by atoms with Crippen LogP contribution in [0, 0.1) is 0 Å². The predicted molar refractivity (Wildman–Crippen MR) is 103 cm³/mol. The van der Waals surface area contributed by atoms with Crippen molar-refractivity contribution in [2.45, 2.75) is 51.0 Å². The molecule has 2 aliphatic rings. The molecule has 136 valence electrons. The first-order chi connectivity index (χ1) is 12.6. The molecule has 0 spiro atoms. The van der Waals surface area contributed by atoms with Gasteiger partial charge < -0.3 is 4.90 Å². The first-order valence-corrected chi connectivity index (χ1v) is 9.49. The van der Waals surface area contributed by atoms with Crippen LogP contribution in [0.1, 0.15) is 55.6 Å². The number of aromatic amines is 1. The van der Waals surface area contributed by atoms with Crippen molar-refractivity contribution in [3.8, 4) is 0 Å². The van der Waals surface area contributed by atoms with Gasteiger partial charge in [-0.3, -0.25) is 14.3 Å². The molecule has 26 heavy (non-hydrogen) atoms. The number of rotatable bonds is 2. The van der Waals surface area contributed by atoms with E-state index in [4.69, 9.17) is 0 Å². The zero-order valence-corrected chi connectivity index (χ0v) is 15.2. The molecular formula is C21H25N3O2. The summed E-state index contributed by atoms with van der Waals surface area (Å²) in [6, 6.07) is 10.2. The molecule has 0 saturated heterocycles. The van der Waals surface area contributed by atoms with Gasteiger partial charge >= 0.3 is 5.69 Å². The van der Waals surface area contributed by atoms with Crippen LogP contribution in [0.15, 0.2) is 51.7 Å². The molecule has 1 aliphatic heterocycles. The lowest BCUT2D eigenvalue weighted by Crippen LogP contribution is -2.42.